The van der Waals surface area contributed by atoms with E-state index in [9.17, 15) is 20.1 Å². The van der Waals surface area contributed by atoms with E-state index < -0.39 is 11.9 Å². The van der Waals surface area contributed by atoms with Crippen molar-refractivity contribution in [3.05, 3.63) is 114 Å². The highest BCUT2D eigenvalue weighted by atomic mass is 32.1. The Morgan fingerprint density at radius 1 is 0.424 bits per heavy atom. The predicted octanol–water partition coefficient (Wildman–Crippen LogP) is 26.9. The third-order valence-corrected chi connectivity index (χ3v) is 28.3. The second kappa shape index (κ2) is 34.9. The van der Waals surface area contributed by atoms with Gasteiger partial charge in [-0.25, -0.2) is 9.59 Å². The van der Waals surface area contributed by atoms with E-state index in [4.69, 9.17) is 9.47 Å². The molecule has 0 fully saturated rings. The number of rotatable bonds is 36. The van der Waals surface area contributed by atoms with Crippen LogP contribution in [0.1, 0.15) is 212 Å². The summed E-state index contributed by atoms with van der Waals surface area (Å²) in [6.45, 7) is 22.9. The molecule has 14 heteroatoms. The Kier molecular flexibility index (Phi) is 27.0. The largest absolute Gasteiger partial charge is 0.462 e. The van der Waals surface area contributed by atoms with Crippen LogP contribution in [0.15, 0.2) is 71.8 Å². The summed E-state index contributed by atoms with van der Waals surface area (Å²) >= 11 is 14.7. The van der Waals surface area contributed by atoms with Crippen molar-refractivity contribution in [2.24, 2.45) is 11.8 Å². The molecule has 2 unspecified atom stereocenters. The van der Waals surface area contributed by atoms with Crippen molar-refractivity contribution in [3.8, 4) is 72.0 Å². The van der Waals surface area contributed by atoms with E-state index in [1.807, 2.05) is 68.0 Å². The molecule has 92 heavy (non-hydrogen) atoms. The van der Waals surface area contributed by atoms with Crippen molar-refractivity contribution in [1.29, 1.82) is 10.5 Å². The third kappa shape index (κ3) is 17.4. The molecule has 6 nitrogen and oxygen atoms in total. The summed E-state index contributed by atoms with van der Waals surface area (Å²) in [4.78, 5) is 43.4. The van der Waals surface area contributed by atoms with Crippen molar-refractivity contribution in [1.82, 2.24) is 0 Å². The van der Waals surface area contributed by atoms with E-state index in [0.717, 1.165) is 93.1 Å². The molecule has 2 atom stereocenters. The summed E-state index contributed by atoms with van der Waals surface area (Å²) in [6, 6.07) is 28.1. The molecular weight excluding hydrogens is 1290 g/mol. The average Bonchev–Trinajstić information content (AvgIpc) is 1.55. The first-order valence-electron chi connectivity index (χ1n) is 34.0. The van der Waals surface area contributed by atoms with Crippen molar-refractivity contribution in [2.45, 2.75) is 210 Å². The first kappa shape index (κ1) is 71.0. The van der Waals surface area contributed by atoms with Crippen molar-refractivity contribution >= 4 is 135 Å². The summed E-state index contributed by atoms with van der Waals surface area (Å²) in [5.74, 6) is 0.227. The number of carbonyl (C=O) groups excluding carboxylic acids is 2. The number of thiophene rings is 8. The van der Waals surface area contributed by atoms with Crippen LogP contribution in [0.4, 0.5) is 0 Å². The summed E-state index contributed by atoms with van der Waals surface area (Å²) in [7, 11) is 0. The van der Waals surface area contributed by atoms with E-state index in [1.54, 1.807) is 34.8 Å². The molecule has 9 aromatic rings. The Morgan fingerprint density at radius 2 is 0.793 bits per heavy atom. The number of nitrogens with zero attached hydrogens (tertiary/aromatic N) is 2. The number of esters is 2. The maximum absolute atomic E-state index is 13.2. The normalized spacial score (nSPS) is 12.7. The minimum atomic E-state index is -0.547. The lowest BCUT2D eigenvalue weighted by molar-refractivity contribution is -0.139. The lowest BCUT2D eigenvalue weighted by atomic mass is 9.95. The van der Waals surface area contributed by atoms with Gasteiger partial charge in [-0.3, -0.25) is 0 Å². The topological polar surface area (TPSA) is 100 Å². The van der Waals surface area contributed by atoms with Crippen LogP contribution in [0.2, 0.25) is 0 Å². The van der Waals surface area contributed by atoms with Crippen molar-refractivity contribution in [2.75, 3.05) is 13.2 Å². The molecule has 0 saturated carbocycles. The molecule has 9 rings (SSSR count). The molecule has 0 N–H and O–H groups in total. The number of unbranched alkanes of at least 4 members (excludes halogenated alkanes) is 12. The fourth-order valence-corrected chi connectivity index (χ4v) is 22.2. The monoisotopic (exact) mass is 1380 g/mol. The van der Waals surface area contributed by atoms with Crippen molar-refractivity contribution in [3.63, 3.8) is 0 Å². The summed E-state index contributed by atoms with van der Waals surface area (Å²) in [6.07, 6.45) is 28.6. The molecule has 486 valence electrons. The van der Waals surface area contributed by atoms with Gasteiger partial charge in [0.05, 0.1) is 13.2 Å². The van der Waals surface area contributed by atoms with Gasteiger partial charge < -0.3 is 9.47 Å². The zero-order valence-corrected chi connectivity index (χ0v) is 62.4. The molecule has 8 aromatic heterocycles. The molecule has 0 radical (unpaired) electrons. The molecule has 8 heterocycles. The number of fused-ring (bicyclic) bond motifs is 2. The standard InChI is InChI=1S/C78H92N2O4S8/c1-11-17-21-23-25-27-39-83-77(81)55(47-79)43-67-49(7)51(9)73(89-67)65-37-35-61(87-65)69-45-59-71(63-33-31-57(85-63)41-53(15-5)29-19-13-3)76-60(72(75(59)91-69)64-34-32-58(86-64)42-54(16-6)30-20-14-4)46-70(92-76)62-36-38-66(88-62)74-52(10)50(8)68(90-74)44-56(48-80)78(82)84-40-28-26-24-22-18-12-2/h31-38,43-46,53-54H,11-30,39-42H2,1-10H3/b55-43+,56-44+. The summed E-state index contributed by atoms with van der Waals surface area (Å²) < 4.78 is 13.9. The molecule has 0 aliphatic rings. The zero-order valence-electron chi connectivity index (χ0n) is 55.8. The first-order valence-corrected chi connectivity index (χ1v) is 40.5. The van der Waals surface area contributed by atoms with Crippen LogP contribution in [-0.2, 0) is 31.9 Å². The Morgan fingerprint density at radius 3 is 1.17 bits per heavy atom. The molecular formula is C78H92N2O4S8. The Hall–Kier alpha value is -5.26. The fraction of sp³-hybridized carbons (Fsp3) is 0.462. The Balaban J connectivity index is 1.12. The van der Waals surface area contributed by atoms with Crippen LogP contribution in [-0.4, -0.2) is 25.2 Å². The fourth-order valence-electron chi connectivity index (χ4n) is 12.2. The second-order valence-corrected chi connectivity index (χ2v) is 33.5. The highest BCUT2D eigenvalue weighted by Gasteiger charge is 2.27. The van der Waals surface area contributed by atoms with E-state index >= 15 is 0 Å². The number of ether oxygens (including phenoxy) is 2. The number of carbonyl (C=O) groups is 2. The lowest BCUT2D eigenvalue weighted by Gasteiger charge is -2.13. The molecule has 0 amide bonds. The van der Waals surface area contributed by atoms with Gasteiger partial charge in [0.15, 0.2) is 0 Å². The molecule has 1 aromatic carbocycles. The highest BCUT2D eigenvalue weighted by molar-refractivity contribution is 7.31. The summed E-state index contributed by atoms with van der Waals surface area (Å²) in [5.41, 5.74) is 7.21. The Labute approximate surface area is 580 Å². The van der Waals surface area contributed by atoms with Gasteiger partial charge in [-0.15, -0.1) is 90.7 Å². The van der Waals surface area contributed by atoms with Crippen molar-refractivity contribution < 1.29 is 19.1 Å². The zero-order chi connectivity index (χ0) is 65.3. The summed E-state index contributed by atoms with van der Waals surface area (Å²) in [5, 5.41) is 23.0. The number of benzene rings is 1. The lowest BCUT2D eigenvalue weighted by Crippen LogP contribution is -2.08. The number of hydrogen-bond acceptors (Lipinski definition) is 14. The van der Waals surface area contributed by atoms with Crippen LogP contribution >= 0.6 is 90.7 Å². The first-order chi connectivity index (χ1) is 44.8. The molecule has 0 bridgehead atoms. The van der Waals surface area contributed by atoms with Crippen LogP contribution in [0, 0.1) is 62.2 Å². The predicted molar refractivity (Wildman–Crippen MR) is 406 cm³/mol. The van der Waals surface area contributed by atoms with Gasteiger partial charge >= 0.3 is 11.9 Å². The van der Waals surface area contributed by atoms with Crippen LogP contribution in [0.3, 0.4) is 0 Å². The Bertz CT molecular complexity index is 3770. The SMILES string of the molecule is CCCCCCCCOC(=O)/C(C#N)=C/c1sc(-c2ccc(-c3cc4c(-c5ccc(CC(CC)CCCC)s5)c5sc(-c6ccc(-c7sc(/C=C(\C#N)C(=O)OCCCCCCCC)c(C)c7C)s6)cc5c(-c5ccc(CC(CC)CCCC)s5)c4s3)s2)c(C)c1C. The van der Waals surface area contributed by atoms with Gasteiger partial charge in [0.1, 0.15) is 23.3 Å². The van der Waals surface area contributed by atoms with Gasteiger partial charge in [-0.2, -0.15) is 10.5 Å². The van der Waals surface area contributed by atoms with Gasteiger partial charge in [0.25, 0.3) is 0 Å². The van der Waals surface area contributed by atoms with E-state index in [1.165, 1.54) is 170 Å². The highest BCUT2D eigenvalue weighted by Crippen LogP contribution is 2.56. The second-order valence-electron chi connectivity index (χ2n) is 24.8. The van der Waals surface area contributed by atoms with Gasteiger partial charge in [-0.05, 0) is 160 Å². The number of hydrogen-bond donors (Lipinski definition) is 0. The minimum absolute atomic E-state index is 0.0419. The van der Waals surface area contributed by atoms with Crippen LogP contribution in [0.25, 0.3) is 92.2 Å². The third-order valence-electron chi connectivity index (χ3n) is 18.1. The quantitative estimate of drug-likeness (QED) is 0.0168. The maximum atomic E-state index is 13.2. The average molecular weight is 1380 g/mol. The molecule has 0 saturated heterocycles. The van der Waals surface area contributed by atoms with Gasteiger partial charge in [0.2, 0.25) is 0 Å². The molecule has 0 aliphatic carbocycles. The molecule has 0 spiro atoms. The minimum Gasteiger partial charge on any atom is -0.462 e. The van der Waals surface area contributed by atoms with E-state index in [0.29, 0.717) is 25.0 Å². The smallest absolute Gasteiger partial charge is 0.348 e. The van der Waals surface area contributed by atoms with E-state index in [-0.39, 0.29) is 11.1 Å². The maximum Gasteiger partial charge on any atom is 0.348 e. The van der Waals surface area contributed by atoms with E-state index in [2.05, 4.69) is 142 Å². The number of nitriles is 2. The van der Waals surface area contributed by atoms with Gasteiger partial charge in [-0.1, -0.05) is 157 Å². The van der Waals surface area contributed by atoms with Gasteiger partial charge in [0, 0.05) is 99.6 Å². The van der Waals surface area contributed by atoms with Crippen LogP contribution in [0.5, 0.6) is 0 Å². The molecule has 0 aliphatic heterocycles. The van der Waals surface area contributed by atoms with Crippen LogP contribution < -0.4 is 0 Å².